The first-order valence-electron chi connectivity index (χ1n) is 8.70. The molecule has 0 amide bonds. The zero-order chi connectivity index (χ0) is 17.4. The van der Waals surface area contributed by atoms with E-state index in [9.17, 15) is 4.79 Å². The average molecular weight is 331 g/mol. The molecule has 24 heavy (non-hydrogen) atoms. The van der Waals surface area contributed by atoms with Gasteiger partial charge in [-0.25, -0.2) is 0 Å². The second-order valence-corrected chi connectivity index (χ2v) is 7.73. The van der Waals surface area contributed by atoms with Crippen molar-refractivity contribution in [1.29, 1.82) is 0 Å². The molecule has 2 heterocycles. The third kappa shape index (κ3) is 3.47. The van der Waals surface area contributed by atoms with Crippen LogP contribution >= 0.6 is 0 Å². The number of Topliss-reactive ketones (excluding diaryl/α,β-unsaturated/α-hetero) is 1. The number of aryl methyl sites for hydroxylation is 1. The molecule has 3 rings (SSSR count). The van der Waals surface area contributed by atoms with Crippen molar-refractivity contribution in [2.45, 2.75) is 71.1 Å². The molecular weight excluding hydrogens is 305 g/mol. The zero-order valence-corrected chi connectivity index (χ0v) is 15.0. The van der Waals surface area contributed by atoms with E-state index in [1.54, 1.807) is 17.1 Å². The van der Waals surface area contributed by atoms with Gasteiger partial charge in [0.2, 0.25) is 0 Å². The van der Waals surface area contributed by atoms with Crippen LogP contribution in [0.25, 0.3) is 0 Å². The summed E-state index contributed by atoms with van der Waals surface area (Å²) in [6, 6.07) is 0. The fourth-order valence-corrected chi connectivity index (χ4v) is 3.18. The van der Waals surface area contributed by atoms with E-state index >= 15 is 0 Å². The van der Waals surface area contributed by atoms with Gasteiger partial charge in [-0.1, -0.05) is 11.3 Å². The molecule has 130 valence electrons. The molecule has 0 spiro atoms. The first-order chi connectivity index (χ1) is 11.3. The molecule has 0 aromatic carbocycles. The Morgan fingerprint density at radius 2 is 2.04 bits per heavy atom. The Morgan fingerprint density at radius 1 is 1.33 bits per heavy atom. The second kappa shape index (κ2) is 6.45. The molecule has 1 aliphatic carbocycles. The fourth-order valence-electron chi connectivity index (χ4n) is 3.18. The number of carbonyl (C=O) groups is 1. The van der Waals surface area contributed by atoms with E-state index in [1.165, 1.54) is 0 Å². The Morgan fingerprint density at radius 3 is 2.67 bits per heavy atom. The quantitative estimate of drug-likeness (QED) is 0.776. The highest BCUT2D eigenvalue weighted by Gasteiger charge is 2.52. The van der Waals surface area contributed by atoms with Crippen molar-refractivity contribution >= 4 is 12.9 Å². The fraction of sp³-hybridized carbons (Fsp3) is 0.706. The predicted octanol–water partition coefficient (Wildman–Crippen LogP) is 2.60. The summed E-state index contributed by atoms with van der Waals surface area (Å²) in [5.74, 6) is 0.333. The highest BCUT2D eigenvalue weighted by atomic mass is 16.7. The lowest BCUT2D eigenvalue weighted by Gasteiger charge is -2.32. The van der Waals surface area contributed by atoms with Crippen LogP contribution in [0.1, 0.15) is 53.4 Å². The molecule has 1 fully saturated rings. The smallest absolute Gasteiger partial charge is 0.400 e. The van der Waals surface area contributed by atoms with Crippen LogP contribution in [-0.4, -0.2) is 39.1 Å². The van der Waals surface area contributed by atoms with Crippen LogP contribution in [0, 0.1) is 5.92 Å². The van der Waals surface area contributed by atoms with E-state index in [1.807, 2.05) is 0 Å². The molecule has 1 saturated heterocycles. The Bertz CT molecular complexity index is 609. The summed E-state index contributed by atoms with van der Waals surface area (Å²) in [4.78, 5) is 12.5. The zero-order valence-electron chi connectivity index (χ0n) is 15.0. The van der Waals surface area contributed by atoms with Crippen molar-refractivity contribution in [3.63, 3.8) is 0 Å². The van der Waals surface area contributed by atoms with Crippen LogP contribution in [-0.2, 0) is 20.6 Å². The maximum Gasteiger partial charge on any atom is 0.490 e. The summed E-state index contributed by atoms with van der Waals surface area (Å²) in [5, 5.41) is 7.67. The minimum atomic E-state index is -0.345. The Hall–Kier alpha value is -1.47. The van der Waals surface area contributed by atoms with Crippen LogP contribution in [0.5, 0.6) is 0 Å². The van der Waals surface area contributed by atoms with Gasteiger partial charge in [-0.05, 0) is 52.4 Å². The predicted molar refractivity (Wildman–Crippen MR) is 91.2 cm³/mol. The van der Waals surface area contributed by atoms with Crippen LogP contribution in [0.3, 0.4) is 0 Å². The summed E-state index contributed by atoms with van der Waals surface area (Å²) in [6.45, 7) is 8.80. The van der Waals surface area contributed by atoms with Gasteiger partial charge in [0.15, 0.2) is 0 Å². The van der Waals surface area contributed by atoms with Crippen LogP contribution < -0.4 is 0 Å². The first kappa shape index (κ1) is 17.4. The van der Waals surface area contributed by atoms with E-state index in [2.05, 4.69) is 44.1 Å². The van der Waals surface area contributed by atoms with E-state index in [4.69, 9.17) is 9.31 Å². The molecule has 1 unspecified atom stereocenters. The molecule has 1 aliphatic heterocycles. The SMILES string of the molecule is CC1(C)OB(C2=CCCC(C(=O)CCn3ccnn3)C2)OC1(C)C. The van der Waals surface area contributed by atoms with Gasteiger partial charge in [-0.2, -0.15) is 0 Å². The van der Waals surface area contributed by atoms with Gasteiger partial charge in [-0.3, -0.25) is 9.48 Å². The van der Waals surface area contributed by atoms with Crippen LogP contribution in [0.4, 0.5) is 0 Å². The molecule has 6 nitrogen and oxygen atoms in total. The summed E-state index contributed by atoms with van der Waals surface area (Å²) in [6.07, 6.45) is 8.62. The van der Waals surface area contributed by atoms with Crippen molar-refractivity contribution in [2.24, 2.45) is 5.92 Å². The molecular formula is C17H26BN3O3. The van der Waals surface area contributed by atoms with Crippen LogP contribution in [0.2, 0.25) is 0 Å². The van der Waals surface area contributed by atoms with E-state index in [-0.39, 0.29) is 30.0 Å². The van der Waals surface area contributed by atoms with Gasteiger partial charge >= 0.3 is 7.12 Å². The summed E-state index contributed by atoms with van der Waals surface area (Å²) in [5.41, 5.74) is 0.421. The van der Waals surface area contributed by atoms with Gasteiger partial charge in [0, 0.05) is 25.1 Å². The van der Waals surface area contributed by atoms with Crippen molar-refractivity contribution in [1.82, 2.24) is 15.0 Å². The molecule has 1 aromatic heterocycles. The lowest BCUT2D eigenvalue weighted by atomic mass is 9.68. The number of ketones is 1. The Balaban J connectivity index is 1.58. The van der Waals surface area contributed by atoms with Gasteiger partial charge < -0.3 is 9.31 Å². The Kier molecular flexibility index (Phi) is 4.66. The van der Waals surface area contributed by atoms with Crippen LogP contribution in [0.15, 0.2) is 23.9 Å². The Labute approximate surface area is 143 Å². The molecule has 1 aromatic rings. The highest BCUT2D eigenvalue weighted by molar-refractivity contribution is 6.54. The minimum absolute atomic E-state index is 0.0487. The monoisotopic (exact) mass is 331 g/mol. The van der Waals surface area contributed by atoms with Crippen molar-refractivity contribution in [3.05, 3.63) is 23.9 Å². The summed E-state index contributed by atoms with van der Waals surface area (Å²) in [7, 11) is -0.332. The number of hydrogen-bond acceptors (Lipinski definition) is 5. The minimum Gasteiger partial charge on any atom is -0.400 e. The van der Waals surface area contributed by atoms with E-state index in [0.717, 1.165) is 24.7 Å². The standard InChI is InChI=1S/C17H26BN3O3/c1-16(2)17(3,4)24-18(23-16)14-7-5-6-13(12-14)15(22)8-10-21-11-9-19-20-21/h7,9,11,13H,5-6,8,10,12H2,1-4H3. The van der Waals surface area contributed by atoms with Gasteiger partial charge in [0.25, 0.3) is 0 Å². The van der Waals surface area contributed by atoms with Crippen molar-refractivity contribution in [2.75, 3.05) is 0 Å². The molecule has 0 N–H and O–H groups in total. The number of aromatic nitrogens is 3. The maximum atomic E-state index is 12.5. The number of nitrogens with zero attached hydrogens (tertiary/aromatic N) is 3. The lowest BCUT2D eigenvalue weighted by Crippen LogP contribution is -2.41. The third-order valence-electron chi connectivity index (χ3n) is 5.47. The van der Waals surface area contributed by atoms with Crippen molar-refractivity contribution < 1.29 is 14.1 Å². The first-order valence-corrected chi connectivity index (χ1v) is 8.70. The number of carbonyl (C=O) groups excluding carboxylic acids is 1. The highest BCUT2D eigenvalue weighted by Crippen LogP contribution is 2.41. The second-order valence-electron chi connectivity index (χ2n) is 7.73. The average Bonchev–Trinajstić information content (AvgIpc) is 3.11. The third-order valence-corrected chi connectivity index (χ3v) is 5.47. The van der Waals surface area contributed by atoms with Crippen molar-refractivity contribution in [3.8, 4) is 0 Å². The maximum absolute atomic E-state index is 12.5. The van der Waals surface area contributed by atoms with E-state index in [0.29, 0.717) is 13.0 Å². The summed E-state index contributed by atoms with van der Waals surface area (Å²) >= 11 is 0. The molecule has 0 saturated carbocycles. The summed E-state index contributed by atoms with van der Waals surface area (Å²) < 4.78 is 14.0. The molecule has 7 heteroatoms. The normalized spacial score (nSPS) is 25.6. The largest absolute Gasteiger partial charge is 0.490 e. The molecule has 1 atom stereocenters. The van der Waals surface area contributed by atoms with Gasteiger partial charge in [-0.15, -0.1) is 5.10 Å². The lowest BCUT2D eigenvalue weighted by molar-refractivity contribution is -0.123. The van der Waals surface area contributed by atoms with E-state index < -0.39 is 0 Å². The van der Waals surface area contributed by atoms with Gasteiger partial charge in [0.1, 0.15) is 5.78 Å². The topological polar surface area (TPSA) is 66.2 Å². The number of allylic oxidation sites excluding steroid dienone is 2. The number of rotatable bonds is 5. The molecule has 0 radical (unpaired) electrons. The molecule has 2 aliphatic rings. The molecule has 0 bridgehead atoms. The number of hydrogen-bond donors (Lipinski definition) is 0. The van der Waals surface area contributed by atoms with Gasteiger partial charge in [0.05, 0.1) is 17.4 Å².